The molecule has 0 aliphatic heterocycles. The highest BCUT2D eigenvalue weighted by Gasteiger charge is 1.89. The van der Waals surface area contributed by atoms with E-state index in [1.807, 2.05) is 12.3 Å². The van der Waals surface area contributed by atoms with Crippen LogP contribution in [0.2, 0.25) is 0 Å². The summed E-state index contributed by atoms with van der Waals surface area (Å²) in [5.74, 6) is 0. The van der Waals surface area contributed by atoms with Gasteiger partial charge in [-0.05, 0) is 18.9 Å². The highest BCUT2D eigenvalue weighted by atomic mass is 14.7. The summed E-state index contributed by atoms with van der Waals surface area (Å²) in [5.41, 5.74) is 1.23. The molecule has 1 heteroatoms. The topological polar surface area (TPSA) is 15.8 Å². The molecule has 49 valence electrons. The van der Waals surface area contributed by atoms with Crippen molar-refractivity contribution in [1.82, 2.24) is 4.98 Å². The van der Waals surface area contributed by atoms with Crippen molar-refractivity contribution in [3.63, 3.8) is 0 Å². The van der Waals surface area contributed by atoms with E-state index >= 15 is 0 Å². The summed E-state index contributed by atoms with van der Waals surface area (Å²) in [6, 6.07) is 5.04. The van der Waals surface area contributed by atoms with Crippen LogP contribution in [0.5, 0.6) is 0 Å². The van der Waals surface area contributed by atoms with Gasteiger partial charge in [-0.15, -0.1) is 0 Å². The molecule has 0 aromatic carbocycles. The van der Waals surface area contributed by atoms with E-state index in [9.17, 15) is 0 Å². The van der Waals surface area contributed by atoms with Gasteiger partial charge in [0.15, 0.2) is 0 Å². The average Bonchev–Trinajstić information content (AvgIpc) is 2.34. The largest absolute Gasteiger partial charge is 0.364 e. The van der Waals surface area contributed by atoms with Crippen LogP contribution in [-0.2, 0) is 6.42 Å². The molecule has 1 radical (unpaired) electrons. The van der Waals surface area contributed by atoms with Gasteiger partial charge in [-0.3, -0.25) is 0 Å². The van der Waals surface area contributed by atoms with Crippen LogP contribution in [0.25, 0.3) is 0 Å². The van der Waals surface area contributed by atoms with E-state index in [1.54, 1.807) is 0 Å². The fraction of sp³-hybridized carbons (Fsp3) is 0.500. The van der Waals surface area contributed by atoms with E-state index in [-0.39, 0.29) is 0 Å². The first-order valence-electron chi connectivity index (χ1n) is 3.47. The van der Waals surface area contributed by atoms with E-state index in [4.69, 9.17) is 0 Å². The number of aryl methyl sites for hydroxylation is 1. The number of rotatable bonds is 3. The summed E-state index contributed by atoms with van der Waals surface area (Å²) < 4.78 is 0. The average molecular weight is 122 g/mol. The van der Waals surface area contributed by atoms with Gasteiger partial charge in [0.2, 0.25) is 0 Å². The van der Waals surface area contributed by atoms with Gasteiger partial charge in [0.05, 0.1) is 0 Å². The van der Waals surface area contributed by atoms with Crippen molar-refractivity contribution in [1.29, 1.82) is 0 Å². The lowest BCUT2D eigenvalue weighted by Crippen LogP contribution is -1.82. The van der Waals surface area contributed by atoms with Gasteiger partial charge in [0, 0.05) is 18.0 Å². The summed E-state index contributed by atoms with van der Waals surface area (Å²) in [7, 11) is 0. The van der Waals surface area contributed by atoms with E-state index in [0.717, 1.165) is 6.42 Å². The minimum atomic E-state index is 1.14. The van der Waals surface area contributed by atoms with Gasteiger partial charge in [-0.25, -0.2) is 0 Å². The van der Waals surface area contributed by atoms with E-state index < -0.39 is 0 Å². The lowest BCUT2D eigenvalue weighted by atomic mass is 10.2. The van der Waals surface area contributed by atoms with E-state index in [1.165, 1.54) is 18.5 Å². The van der Waals surface area contributed by atoms with Crippen molar-refractivity contribution in [3.8, 4) is 0 Å². The molecule has 0 saturated heterocycles. The lowest BCUT2D eigenvalue weighted by Gasteiger charge is -1.91. The van der Waals surface area contributed by atoms with Crippen LogP contribution in [0.15, 0.2) is 12.3 Å². The minimum Gasteiger partial charge on any atom is -0.364 e. The third-order valence-electron chi connectivity index (χ3n) is 1.38. The highest BCUT2D eigenvalue weighted by molar-refractivity contribution is 5.00. The van der Waals surface area contributed by atoms with Crippen LogP contribution in [0, 0.1) is 6.07 Å². The Morgan fingerprint density at radius 1 is 1.67 bits per heavy atom. The molecule has 0 aliphatic rings. The van der Waals surface area contributed by atoms with Crippen molar-refractivity contribution in [2.75, 3.05) is 0 Å². The van der Waals surface area contributed by atoms with Crippen molar-refractivity contribution >= 4 is 0 Å². The van der Waals surface area contributed by atoms with Crippen LogP contribution in [0.1, 0.15) is 25.5 Å². The molecule has 1 aromatic rings. The SMILES string of the molecule is CCCCc1[c]cc[nH]1. The first-order chi connectivity index (χ1) is 4.43. The molecule has 0 aliphatic carbocycles. The first-order valence-corrected chi connectivity index (χ1v) is 3.47. The number of aromatic amines is 1. The molecule has 0 spiro atoms. The third-order valence-corrected chi connectivity index (χ3v) is 1.38. The standard InChI is InChI=1S/C8H12N/c1-2-3-5-8-6-4-7-9-8/h4,7,9H,2-3,5H2,1H3. The molecule has 0 saturated carbocycles. The Labute approximate surface area is 56.1 Å². The monoisotopic (exact) mass is 122 g/mol. The Kier molecular flexibility index (Phi) is 2.37. The zero-order valence-corrected chi connectivity index (χ0v) is 5.78. The van der Waals surface area contributed by atoms with Crippen LogP contribution < -0.4 is 0 Å². The second kappa shape index (κ2) is 3.33. The molecule has 1 rings (SSSR count). The fourth-order valence-electron chi connectivity index (χ4n) is 0.824. The zero-order valence-electron chi connectivity index (χ0n) is 5.78. The summed E-state index contributed by atoms with van der Waals surface area (Å²) in [6.07, 6.45) is 5.58. The maximum Gasteiger partial charge on any atom is 0.0227 e. The van der Waals surface area contributed by atoms with Gasteiger partial charge in [0.1, 0.15) is 0 Å². The predicted octanol–water partition coefficient (Wildman–Crippen LogP) is 2.16. The number of nitrogens with one attached hydrogen (secondary N) is 1. The summed E-state index contributed by atoms with van der Waals surface area (Å²) >= 11 is 0. The smallest absolute Gasteiger partial charge is 0.0227 e. The van der Waals surface area contributed by atoms with Crippen LogP contribution in [0.3, 0.4) is 0 Å². The Morgan fingerprint density at radius 3 is 3.11 bits per heavy atom. The Morgan fingerprint density at radius 2 is 2.56 bits per heavy atom. The number of hydrogen-bond donors (Lipinski definition) is 1. The van der Waals surface area contributed by atoms with Crippen LogP contribution in [-0.4, -0.2) is 4.98 Å². The van der Waals surface area contributed by atoms with Gasteiger partial charge >= 0.3 is 0 Å². The fourth-order valence-corrected chi connectivity index (χ4v) is 0.824. The molecule has 0 bridgehead atoms. The molecule has 1 nitrogen and oxygen atoms in total. The van der Waals surface area contributed by atoms with Crippen LogP contribution >= 0.6 is 0 Å². The molecular weight excluding hydrogens is 110 g/mol. The maximum absolute atomic E-state index is 3.12. The van der Waals surface area contributed by atoms with Gasteiger partial charge < -0.3 is 4.98 Å². The normalized spacial score (nSPS) is 9.89. The van der Waals surface area contributed by atoms with Crippen LogP contribution in [0.4, 0.5) is 0 Å². The van der Waals surface area contributed by atoms with E-state index in [2.05, 4.69) is 18.0 Å². The second-order valence-corrected chi connectivity index (χ2v) is 2.20. The van der Waals surface area contributed by atoms with Gasteiger partial charge in [-0.2, -0.15) is 0 Å². The van der Waals surface area contributed by atoms with Crippen molar-refractivity contribution in [3.05, 3.63) is 24.0 Å². The Hall–Kier alpha value is -0.720. The number of unbranched alkanes of at least 4 members (excludes halogenated alkanes) is 1. The quantitative estimate of drug-likeness (QED) is 0.632. The molecule has 9 heavy (non-hydrogen) atoms. The molecule has 1 aromatic heterocycles. The molecule has 1 heterocycles. The molecule has 1 N–H and O–H groups in total. The van der Waals surface area contributed by atoms with Gasteiger partial charge in [0.25, 0.3) is 0 Å². The minimum absolute atomic E-state index is 1.14. The number of hydrogen-bond acceptors (Lipinski definition) is 0. The maximum atomic E-state index is 3.12. The Bertz CT molecular complexity index is 142. The highest BCUT2D eigenvalue weighted by Crippen LogP contribution is 1.99. The van der Waals surface area contributed by atoms with Gasteiger partial charge in [-0.1, -0.05) is 13.3 Å². The molecular formula is C8H12N. The Balaban J connectivity index is 2.30. The molecule has 0 atom stereocenters. The van der Waals surface area contributed by atoms with E-state index in [0.29, 0.717) is 0 Å². The van der Waals surface area contributed by atoms with Crippen molar-refractivity contribution < 1.29 is 0 Å². The summed E-state index contributed by atoms with van der Waals surface area (Å²) in [4.78, 5) is 3.12. The third kappa shape index (κ3) is 1.92. The second-order valence-electron chi connectivity index (χ2n) is 2.20. The van der Waals surface area contributed by atoms with Crippen molar-refractivity contribution in [2.24, 2.45) is 0 Å². The number of aromatic nitrogens is 1. The first kappa shape index (κ1) is 6.40. The predicted molar refractivity (Wildman–Crippen MR) is 38.2 cm³/mol. The molecule has 0 fully saturated rings. The molecule has 0 amide bonds. The summed E-state index contributed by atoms with van der Waals surface area (Å²) in [6.45, 7) is 2.20. The number of H-pyrrole nitrogens is 1. The molecule has 0 unspecified atom stereocenters. The van der Waals surface area contributed by atoms with Crippen molar-refractivity contribution in [2.45, 2.75) is 26.2 Å². The lowest BCUT2D eigenvalue weighted by molar-refractivity contribution is 0.780. The zero-order chi connectivity index (χ0) is 6.53. The summed E-state index contributed by atoms with van der Waals surface area (Å²) in [5, 5.41) is 0.